The van der Waals surface area contributed by atoms with Crippen LogP contribution in [0.5, 0.6) is 0 Å². The zero-order chi connectivity index (χ0) is 14.5. The third-order valence-corrected chi connectivity index (χ3v) is 3.28. The quantitative estimate of drug-likeness (QED) is 0.729. The standard InChI is InChI=1S/C19H14N2/c20-14-15-7-6-10-17(13-15)21-19-12-5-4-11-18(19)16-8-2-1-3-9-16/h1-13,21H. The van der Waals surface area contributed by atoms with Crippen molar-refractivity contribution >= 4 is 11.4 Å². The Kier molecular flexibility index (Phi) is 3.66. The summed E-state index contributed by atoms with van der Waals surface area (Å²) in [6.07, 6.45) is 0. The molecule has 2 heteroatoms. The van der Waals surface area contributed by atoms with Gasteiger partial charge in [-0.15, -0.1) is 0 Å². The minimum Gasteiger partial charge on any atom is -0.355 e. The smallest absolute Gasteiger partial charge is 0.0992 e. The number of anilines is 2. The van der Waals surface area contributed by atoms with E-state index in [1.807, 2.05) is 54.6 Å². The van der Waals surface area contributed by atoms with Gasteiger partial charge < -0.3 is 5.32 Å². The molecule has 0 aliphatic carbocycles. The molecule has 3 rings (SSSR count). The minimum atomic E-state index is 0.650. The van der Waals surface area contributed by atoms with Crippen molar-refractivity contribution in [1.82, 2.24) is 0 Å². The number of benzene rings is 3. The molecule has 3 aromatic carbocycles. The average molecular weight is 270 g/mol. The number of para-hydroxylation sites is 1. The monoisotopic (exact) mass is 270 g/mol. The van der Waals surface area contributed by atoms with Gasteiger partial charge in [-0.25, -0.2) is 0 Å². The molecule has 0 saturated carbocycles. The van der Waals surface area contributed by atoms with Gasteiger partial charge in [-0.3, -0.25) is 0 Å². The van der Waals surface area contributed by atoms with Crippen molar-refractivity contribution in [3.8, 4) is 17.2 Å². The summed E-state index contributed by atoms with van der Waals surface area (Å²) in [4.78, 5) is 0. The summed E-state index contributed by atoms with van der Waals surface area (Å²) >= 11 is 0. The topological polar surface area (TPSA) is 35.8 Å². The second-order valence-corrected chi connectivity index (χ2v) is 4.73. The first-order chi connectivity index (χ1) is 10.4. The highest BCUT2D eigenvalue weighted by atomic mass is 14.9. The fraction of sp³-hybridized carbons (Fsp3) is 0. The molecule has 2 nitrogen and oxygen atoms in total. The van der Waals surface area contributed by atoms with Gasteiger partial charge in [-0.05, 0) is 29.8 Å². The van der Waals surface area contributed by atoms with Crippen molar-refractivity contribution in [2.75, 3.05) is 5.32 Å². The van der Waals surface area contributed by atoms with Crippen LogP contribution in [0.3, 0.4) is 0 Å². The number of hydrogen-bond donors (Lipinski definition) is 1. The first-order valence-corrected chi connectivity index (χ1v) is 6.78. The van der Waals surface area contributed by atoms with Crippen molar-refractivity contribution in [2.24, 2.45) is 0 Å². The van der Waals surface area contributed by atoms with Crippen LogP contribution in [0.25, 0.3) is 11.1 Å². The molecule has 0 spiro atoms. The van der Waals surface area contributed by atoms with Crippen LogP contribution in [-0.2, 0) is 0 Å². The third kappa shape index (κ3) is 2.93. The van der Waals surface area contributed by atoms with E-state index in [9.17, 15) is 0 Å². The Labute approximate surface area is 124 Å². The van der Waals surface area contributed by atoms with Crippen molar-refractivity contribution in [3.63, 3.8) is 0 Å². The van der Waals surface area contributed by atoms with E-state index in [1.165, 1.54) is 0 Å². The highest BCUT2D eigenvalue weighted by molar-refractivity contribution is 5.81. The van der Waals surface area contributed by atoms with Crippen LogP contribution in [0.15, 0.2) is 78.9 Å². The molecule has 0 atom stereocenters. The highest BCUT2D eigenvalue weighted by Gasteiger charge is 2.04. The van der Waals surface area contributed by atoms with Crippen LogP contribution in [-0.4, -0.2) is 0 Å². The zero-order valence-corrected chi connectivity index (χ0v) is 11.5. The molecule has 0 radical (unpaired) electrons. The van der Waals surface area contributed by atoms with Crippen molar-refractivity contribution in [2.45, 2.75) is 0 Å². The van der Waals surface area contributed by atoms with Crippen molar-refractivity contribution in [1.29, 1.82) is 5.26 Å². The van der Waals surface area contributed by atoms with E-state index < -0.39 is 0 Å². The van der Waals surface area contributed by atoms with Gasteiger partial charge in [0.15, 0.2) is 0 Å². The van der Waals surface area contributed by atoms with E-state index in [0.717, 1.165) is 22.5 Å². The predicted octanol–water partition coefficient (Wildman–Crippen LogP) is 4.97. The van der Waals surface area contributed by atoms with Gasteiger partial charge in [0.2, 0.25) is 0 Å². The Hall–Kier alpha value is -3.05. The molecule has 0 heterocycles. The Morgan fingerprint density at radius 1 is 0.762 bits per heavy atom. The number of nitrogens with one attached hydrogen (secondary N) is 1. The fourth-order valence-corrected chi connectivity index (χ4v) is 2.28. The molecule has 0 aliphatic rings. The molecule has 0 saturated heterocycles. The van der Waals surface area contributed by atoms with Gasteiger partial charge in [-0.1, -0.05) is 54.6 Å². The van der Waals surface area contributed by atoms with Crippen LogP contribution in [0.1, 0.15) is 5.56 Å². The Morgan fingerprint density at radius 2 is 1.52 bits per heavy atom. The molecular weight excluding hydrogens is 256 g/mol. The lowest BCUT2D eigenvalue weighted by Crippen LogP contribution is -1.93. The second-order valence-electron chi connectivity index (χ2n) is 4.73. The maximum atomic E-state index is 8.98. The lowest BCUT2D eigenvalue weighted by Gasteiger charge is -2.12. The van der Waals surface area contributed by atoms with Crippen LogP contribution >= 0.6 is 0 Å². The summed E-state index contributed by atoms with van der Waals surface area (Å²) in [7, 11) is 0. The summed E-state index contributed by atoms with van der Waals surface area (Å²) in [5.41, 5.74) is 4.89. The number of nitrogens with zero attached hydrogens (tertiary/aromatic N) is 1. The predicted molar refractivity (Wildman–Crippen MR) is 86.3 cm³/mol. The second kappa shape index (κ2) is 5.94. The lowest BCUT2D eigenvalue weighted by molar-refractivity contribution is 1.47. The third-order valence-electron chi connectivity index (χ3n) is 3.28. The van der Waals surface area contributed by atoms with E-state index in [1.54, 1.807) is 6.07 Å². The van der Waals surface area contributed by atoms with Gasteiger partial charge >= 0.3 is 0 Å². The molecule has 0 fully saturated rings. The summed E-state index contributed by atoms with van der Waals surface area (Å²) in [6, 6.07) is 28.1. The first kappa shape index (κ1) is 13.0. The minimum absolute atomic E-state index is 0.650. The number of hydrogen-bond acceptors (Lipinski definition) is 2. The number of nitriles is 1. The molecule has 0 unspecified atom stereocenters. The normalized spacial score (nSPS) is 9.86. The molecule has 21 heavy (non-hydrogen) atoms. The van der Waals surface area contributed by atoms with Gasteiger partial charge in [0.05, 0.1) is 11.6 Å². The van der Waals surface area contributed by atoms with Crippen LogP contribution in [0.2, 0.25) is 0 Å². The first-order valence-electron chi connectivity index (χ1n) is 6.78. The van der Waals surface area contributed by atoms with Gasteiger partial charge in [0, 0.05) is 16.9 Å². The molecular formula is C19H14N2. The van der Waals surface area contributed by atoms with Gasteiger partial charge in [-0.2, -0.15) is 5.26 Å². The Balaban J connectivity index is 1.98. The summed E-state index contributed by atoms with van der Waals surface area (Å²) in [6.45, 7) is 0. The molecule has 3 aromatic rings. The van der Waals surface area contributed by atoms with E-state index in [0.29, 0.717) is 5.56 Å². The van der Waals surface area contributed by atoms with Gasteiger partial charge in [0.1, 0.15) is 0 Å². The van der Waals surface area contributed by atoms with E-state index >= 15 is 0 Å². The van der Waals surface area contributed by atoms with E-state index in [2.05, 4.69) is 29.6 Å². The van der Waals surface area contributed by atoms with E-state index in [4.69, 9.17) is 5.26 Å². The number of rotatable bonds is 3. The van der Waals surface area contributed by atoms with Crippen LogP contribution in [0, 0.1) is 11.3 Å². The largest absolute Gasteiger partial charge is 0.355 e. The molecule has 0 bridgehead atoms. The average Bonchev–Trinajstić information content (AvgIpc) is 2.56. The SMILES string of the molecule is N#Cc1cccc(Nc2ccccc2-c2ccccc2)c1. The molecule has 0 aromatic heterocycles. The Morgan fingerprint density at radius 3 is 2.33 bits per heavy atom. The molecule has 1 N–H and O–H groups in total. The van der Waals surface area contributed by atoms with Crippen LogP contribution < -0.4 is 5.32 Å². The molecule has 0 amide bonds. The zero-order valence-electron chi connectivity index (χ0n) is 11.5. The highest BCUT2D eigenvalue weighted by Crippen LogP contribution is 2.30. The van der Waals surface area contributed by atoms with E-state index in [-0.39, 0.29) is 0 Å². The maximum absolute atomic E-state index is 8.98. The molecule has 100 valence electrons. The maximum Gasteiger partial charge on any atom is 0.0992 e. The summed E-state index contributed by atoms with van der Waals surface area (Å²) in [5, 5.41) is 12.4. The summed E-state index contributed by atoms with van der Waals surface area (Å²) in [5.74, 6) is 0. The summed E-state index contributed by atoms with van der Waals surface area (Å²) < 4.78 is 0. The van der Waals surface area contributed by atoms with Crippen molar-refractivity contribution < 1.29 is 0 Å². The Bertz CT molecular complexity index is 786. The van der Waals surface area contributed by atoms with Crippen LogP contribution in [0.4, 0.5) is 11.4 Å². The van der Waals surface area contributed by atoms with Crippen molar-refractivity contribution in [3.05, 3.63) is 84.4 Å². The fourth-order valence-electron chi connectivity index (χ4n) is 2.28. The van der Waals surface area contributed by atoms with Gasteiger partial charge in [0.25, 0.3) is 0 Å². The molecule has 0 aliphatic heterocycles. The lowest BCUT2D eigenvalue weighted by atomic mass is 10.0.